The first-order chi connectivity index (χ1) is 14.1. The standard InChI is InChI=1S/C23H18FN3O2/c1-14-22-18(12-13-27(14)23(28)16-6-9-17(24)10-7-16)21(26-29-22)20-11-8-15-4-2-3-5-19(15)25-20/h2-11,14H,12-13H2,1H3. The maximum Gasteiger partial charge on any atom is 0.254 e. The van der Waals surface area contributed by atoms with Gasteiger partial charge in [-0.15, -0.1) is 0 Å². The molecule has 6 heteroatoms. The largest absolute Gasteiger partial charge is 0.358 e. The number of carbonyl (C=O) groups is 1. The predicted molar refractivity (Wildman–Crippen MR) is 107 cm³/mol. The number of nitrogens with zero attached hydrogens (tertiary/aromatic N) is 3. The molecular formula is C23H18FN3O2. The number of para-hydroxylation sites is 1. The van der Waals surface area contributed by atoms with E-state index in [1.165, 1.54) is 24.3 Å². The van der Waals surface area contributed by atoms with E-state index in [0.29, 0.717) is 24.3 Å². The number of pyridine rings is 1. The number of carbonyl (C=O) groups excluding carboxylic acids is 1. The van der Waals surface area contributed by atoms with Gasteiger partial charge in [-0.05, 0) is 49.7 Å². The normalized spacial score (nSPS) is 16.1. The number of benzene rings is 2. The van der Waals surface area contributed by atoms with Gasteiger partial charge in [-0.3, -0.25) is 4.79 Å². The first kappa shape index (κ1) is 17.6. The Labute approximate surface area is 166 Å². The zero-order valence-corrected chi connectivity index (χ0v) is 15.8. The van der Waals surface area contributed by atoms with Gasteiger partial charge in [0.2, 0.25) is 0 Å². The number of hydrogen-bond acceptors (Lipinski definition) is 4. The second-order valence-corrected chi connectivity index (χ2v) is 7.19. The molecule has 4 aromatic rings. The third-order valence-electron chi connectivity index (χ3n) is 5.46. The Morgan fingerprint density at radius 2 is 1.90 bits per heavy atom. The lowest BCUT2D eigenvalue weighted by molar-refractivity contribution is 0.0645. The van der Waals surface area contributed by atoms with Crippen molar-refractivity contribution in [3.8, 4) is 11.4 Å². The quantitative estimate of drug-likeness (QED) is 0.496. The lowest BCUT2D eigenvalue weighted by Crippen LogP contribution is -2.38. The summed E-state index contributed by atoms with van der Waals surface area (Å²) in [5.74, 6) is 0.167. The molecule has 2 aromatic carbocycles. The lowest BCUT2D eigenvalue weighted by atomic mass is 9.97. The van der Waals surface area contributed by atoms with Crippen molar-refractivity contribution in [2.24, 2.45) is 0 Å². The number of amides is 1. The van der Waals surface area contributed by atoms with Gasteiger partial charge in [0.25, 0.3) is 5.91 Å². The number of hydrogen-bond donors (Lipinski definition) is 0. The van der Waals surface area contributed by atoms with E-state index in [1.807, 2.05) is 43.3 Å². The maximum absolute atomic E-state index is 13.2. The highest BCUT2D eigenvalue weighted by Gasteiger charge is 2.34. The van der Waals surface area contributed by atoms with Crippen molar-refractivity contribution in [3.63, 3.8) is 0 Å². The Morgan fingerprint density at radius 3 is 2.72 bits per heavy atom. The number of fused-ring (bicyclic) bond motifs is 2. The van der Waals surface area contributed by atoms with Crippen LogP contribution in [0.2, 0.25) is 0 Å². The molecule has 144 valence electrons. The van der Waals surface area contributed by atoms with Gasteiger partial charge in [-0.1, -0.05) is 29.4 Å². The van der Waals surface area contributed by atoms with E-state index in [9.17, 15) is 9.18 Å². The minimum Gasteiger partial charge on any atom is -0.358 e. The Bertz CT molecular complexity index is 1220. The predicted octanol–water partition coefficient (Wildman–Crippen LogP) is 4.79. The summed E-state index contributed by atoms with van der Waals surface area (Å²) in [4.78, 5) is 19.3. The van der Waals surface area contributed by atoms with Crippen LogP contribution in [0, 0.1) is 5.82 Å². The Balaban J connectivity index is 1.47. The summed E-state index contributed by atoms with van der Waals surface area (Å²) in [5, 5.41) is 5.35. The third kappa shape index (κ3) is 2.97. The number of rotatable bonds is 2. The van der Waals surface area contributed by atoms with Crippen LogP contribution in [0.25, 0.3) is 22.3 Å². The zero-order chi connectivity index (χ0) is 20.0. The summed E-state index contributed by atoms with van der Waals surface area (Å²) in [7, 11) is 0. The molecule has 0 N–H and O–H groups in total. The Kier molecular flexibility index (Phi) is 4.12. The zero-order valence-electron chi connectivity index (χ0n) is 15.8. The van der Waals surface area contributed by atoms with Gasteiger partial charge < -0.3 is 9.42 Å². The van der Waals surface area contributed by atoms with Crippen molar-refractivity contribution in [2.45, 2.75) is 19.4 Å². The van der Waals surface area contributed by atoms with Gasteiger partial charge >= 0.3 is 0 Å². The van der Waals surface area contributed by atoms with Gasteiger partial charge in [0.1, 0.15) is 11.5 Å². The number of halogens is 1. The molecule has 1 aliphatic heterocycles. The highest BCUT2D eigenvalue weighted by Crippen LogP contribution is 2.36. The molecular weight excluding hydrogens is 369 g/mol. The molecule has 0 bridgehead atoms. The van der Waals surface area contributed by atoms with Crippen LogP contribution in [-0.4, -0.2) is 27.5 Å². The second-order valence-electron chi connectivity index (χ2n) is 7.19. The molecule has 29 heavy (non-hydrogen) atoms. The molecule has 1 atom stereocenters. The van der Waals surface area contributed by atoms with E-state index in [2.05, 4.69) is 5.16 Å². The summed E-state index contributed by atoms with van der Waals surface area (Å²) in [6, 6.07) is 17.2. The first-order valence-electron chi connectivity index (χ1n) is 9.53. The molecule has 0 aliphatic carbocycles. The molecule has 0 saturated heterocycles. The molecule has 0 spiro atoms. The third-order valence-corrected chi connectivity index (χ3v) is 5.46. The van der Waals surface area contributed by atoms with E-state index in [1.54, 1.807) is 4.90 Å². The molecule has 1 aliphatic rings. The smallest absolute Gasteiger partial charge is 0.254 e. The fourth-order valence-corrected chi connectivity index (χ4v) is 3.89. The van der Waals surface area contributed by atoms with E-state index in [0.717, 1.165) is 27.9 Å². The van der Waals surface area contributed by atoms with Crippen LogP contribution in [-0.2, 0) is 6.42 Å². The summed E-state index contributed by atoms with van der Waals surface area (Å²) in [5.41, 5.74) is 3.84. The van der Waals surface area contributed by atoms with Crippen molar-refractivity contribution in [1.82, 2.24) is 15.0 Å². The molecule has 0 radical (unpaired) electrons. The van der Waals surface area contributed by atoms with Crippen molar-refractivity contribution in [1.29, 1.82) is 0 Å². The molecule has 1 unspecified atom stereocenters. The van der Waals surface area contributed by atoms with E-state index >= 15 is 0 Å². The van der Waals surface area contributed by atoms with Crippen molar-refractivity contribution in [3.05, 3.63) is 83.4 Å². The molecule has 5 rings (SSSR count). The molecule has 0 fully saturated rings. The van der Waals surface area contributed by atoms with Crippen molar-refractivity contribution < 1.29 is 13.7 Å². The SMILES string of the molecule is CC1c2onc(-c3ccc4ccccc4n3)c2CCN1C(=O)c1ccc(F)cc1. The fourth-order valence-electron chi connectivity index (χ4n) is 3.89. The fraction of sp³-hybridized carbons (Fsp3) is 0.174. The molecule has 5 nitrogen and oxygen atoms in total. The Morgan fingerprint density at radius 1 is 1.10 bits per heavy atom. The van der Waals surface area contributed by atoms with Crippen molar-refractivity contribution in [2.75, 3.05) is 6.54 Å². The van der Waals surface area contributed by atoms with Crippen LogP contribution in [0.1, 0.15) is 34.6 Å². The van der Waals surface area contributed by atoms with Gasteiger partial charge in [0, 0.05) is 23.1 Å². The summed E-state index contributed by atoms with van der Waals surface area (Å²) in [6.45, 7) is 2.45. The topological polar surface area (TPSA) is 59.2 Å². The second kappa shape index (κ2) is 6.81. The van der Waals surface area contributed by atoms with E-state index in [-0.39, 0.29) is 17.8 Å². The lowest BCUT2D eigenvalue weighted by Gasteiger charge is -2.32. The minimum absolute atomic E-state index is 0.148. The summed E-state index contributed by atoms with van der Waals surface area (Å²) in [6.07, 6.45) is 0.625. The highest BCUT2D eigenvalue weighted by molar-refractivity contribution is 5.94. The average molecular weight is 387 g/mol. The Hall–Kier alpha value is -3.54. The monoisotopic (exact) mass is 387 g/mol. The van der Waals surface area contributed by atoms with Gasteiger partial charge in [-0.25, -0.2) is 9.37 Å². The molecule has 3 heterocycles. The summed E-state index contributed by atoms with van der Waals surface area (Å²) >= 11 is 0. The van der Waals surface area contributed by atoms with E-state index < -0.39 is 0 Å². The van der Waals surface area contributed by atoms with Crippen molar-refractivity contribution >= 4 is 16.8 Å². The molecule has 2 aromatic heterocycles. The highest BCUT2D eigenvalue weighted by atomic mass is 19.1. The van der Waals surface area contributed by atoms with Crippen LogP contribution >= 0.6 is 0 Å². The number of aromatic nitrogens is 2. The van der Waals surface area contributed by atoms with Crippen LogP contribution in [0.5, 0.6) is 0 Å². The minimum atomic E-state index is -0.363. The van der Waals surface area contributed by atoms with Crippen LogP contribution in [0.4, 0.5) is 4.39 Å². The first-order valence-corrected chi connectivity index (χ1v) is 9.53. The maximum atomic E-state index is 13.2. The van der Waals surface area contributed by atoms with E-state index in [4.69, 9.17) is 9.51 Å². The summed E-state index contributed by atoms with van der Waals surface area (Å²) < 4.78 is 18.8. The van der Waals surface area contributed by atoms with Crippen LogP contribution in [0.3, 0.4) is 0 Å². The van der Waals surface area contributed by atoms with Crippen LogP contribution in [0.15, 0.2) is 65.2 Å². The molecule has 0 saturated carbocycles. The average Bonchev–Trinajstić information content (AvgIpc) is 3.19. The van der Waals surface area contributed by atoms with Crippen LogP contribution < -0.4 is 0 Å². The van der Waals surface area contributed by atoms with Gasteiger partial charge in [-0.2, -0.15) is 0 Å². The van der Waals surface area contributed by atoms with Gasteiger partial charge in [0.05, 0.1) is 17.3 Å². The molecule has 1 amide bonds. The van der Waals surface area contributed by atoms with Gasteiger partial charge in [0.15, 0.2) is 5.76 Å².